The van der Waals surface area contributed by atoms with E-state index in [0.29, 0.717) is 13.0 Å². The Labute approximate surface area is 153 Å². The van der Waals surface area contributed by atoms with Gasteiger partial charge in [0.15, 0.2) is 0 Å². The minimum absolute atomic E-state index is 0.299. The van der Waals surface area contributed by atoms with E-state index in [4.69, 9.17) is 5.73 Å². The van der Waals surface area contributed by atoms with Gasteiger partial charge >= 0.3 is 0 Å². The number of amides is 1. The third kappa shape index (κ3) is 4.33. The maximum Gasteiger partial charge on any atom is 0.222 e. The fourth-order valence-corrected chi connectivity index (χ4v) is 3.04. The van der Waals surface area contributed by atoms with Crippen LogP contribution in [0.15, 0.2) is 59.2 Å². The third-order valence-corrected chi connectivity index (χ3v) is 4.53. The summed E-state index contributed by atoms with van der Waals surface area (Å²) in [6.45, 7) is 0.391. The second kappa shape index (κ2) is 7.61. The summed E-state index contributed by atoms with van der Waals surface area (Å²) in [6.07, 6.45) is 2.17. The summed E-state index contributed by atoms with van der Waals surface area (Å²) in [5.74, 6) is -1.09. The highest BCUT2D eigenvalue weighted by Crippen LogP contribution is 2.25. The van der Waals surface area contributed by atoms with Gasteiger partial charge in [-0.15, -0.1) is 0 Å². The van der Waals surface area contributed by atoms with Crippen LogP contribution in [-0.4, -0.2) is 17.4 Å². The van der Waals surface area contributed by atoms with Crippen LogP contribution in [0.2, 0.25) is 0 Å². The molecule has 6 heteroatoms. The molecule has 0 radical (unpaired) electrons. The maximum atomic E-state index is 13.0. The van der Waals surface area contributed by atoms with Crippen LogP contribution in [0.25, 0.3) is 10.9 Å². The summed E-state index contributed by atoms with van der Waals surface area (Å²) >= 11 is 3.43. The van der Waals surface area contributed by atoms with Gasteiger partial charge in [-0.3, -0.25) is 9.78 Å². The molecule has 1 aromatic heterocycles. The molecule has 0 aliphatic heterocycles. The molecule has 1 unspecified atom stereocenters. The number of nitrogens with zero attached hydrogens (tertiary/aromatic N) is 1. The number of carbonyl (C=O) groups excluding carboxylic acids is 1. The predicted molar refractivity (Wildman–Crippen MR) is 101 cm³/mol. The van der Waals surface area contributed by atoms with Gasteiger partial charge in [0.1, 0.15) is 5.82 Å². The Morgan fingerprint density at radius 3 is 2.68 bits per heavy atom. The lowest BCUT2D eigenvalue weighted by molar-refractivity contribution is -0.121. The zero-order valence-electron chi connectivity index (χ0n) is 13.4. The van der Waals surface area contributed by atoms with E-state index in [0.717, 1.165) is 26.6 Å². The second-order valence-corrected chi connectivity index (χ2v) is 6.75. The minimum atomic E-state index is -0.399. The van der Waals surface area contributed by atoms with E-state index in [1.54, 1.807) is 18.3 Å². The lowest BCUT2D eigenvalue weighted by Gasteiger charge is -2.16. The Morgan fingerprint density at radius 2 is 1.96 bits per heavy atom. The van der Waals surface area contributed by atoms with Crippen LogP contribution in [0.4, 0.5) is 10.1 Å². The Morgan fingerprint density at radius 1 is 1.20 bits per heavy atom. The molecule has 0 aliphatic carbocycles. The summed E-state index contributed by atoms with van der Waals surface area (Å²) in [7, 11) is 0. The average molecular weight is 402 g/mol. The molecule has 0 saturated heterocycles. The number of hydrogen-bond donors (Lipinski definition) is 2. The van der Waals surface area contributed by atoms with Gasteiger partial charge in [-0.2, -0.15) is 0 Å². The highest BCUT2D eigenvalue weighted by atomic mass is 79.9. The van der Waals surface area contributed by atoms with Gasteiger partial charge in [0.05, 0.1) is 11.4 Å². The van der Waals surface area contributed by atoms with Gasteiger partial charge in [-0.1, -0.05) is 28.1 Å². The minimum Gasteiger partial charge on any atom is -0.384 e. The zero-order chi connectivity index (χ0) is 17.8. The number of anilines is 1. The Bertz CT molecular complexity index is 899. The lowest BCUT2D eigenvalue weighted by Crippen LogP contribution is -2.31. The number of pyridine rings is 1. The smallest absolute Gasteiger partial charge is 0.222 e. The van der Waals surface area contributed by atoms with Crippen molar-refractivity contribution in [3.05, 3.63) is 70.6 Å². The molecule has 1 heterocycles. The normalized spacial score (nSPS) is 12.1. The van der Waals surface area contributed by atoms with Crippen LogP contribution in [0, 0.1) is 11.7 Å². The van der Waals surface area contributed by atoms with Crippen LogP contribution < -0.4 is 11.1 Å². The van der Waals surface area contributed by atoms with Crippen LogP contribution in [0.1, 0.15) is 5.56 Å². The SMILES string of the molecule is NC(=O)C(CNc1ccnc2cc(Br)ccc12)Cc1ccc(F)cc1. The first kappa shape index (κ1) is 17.4. The number of aromatic nitrogens is 1. The van der Waals surface area contributed by atoms with Crippen molar-refractivity contribution < 1.29 is 9.18 Å². The van der Waals surface area contributed by atoms with Gasteiger partial charge < -0.3 is 11.1 Å². The Hall–Kier alpha value is -2.47. The topological polar surface area (TPSA) is 68.0 Å². The van der Waals surface area contributed by atoms with Crippen LogP contribution in [0.5, 0.6) is 0 Å². The molecular formula is C19H17BrFN3O. The number of carbonyl (C=O) groups is 1. The van der Waals surface area contributed by atoms with E-state index in [2.05, 4.69) is 26.2 Å². The number of halogens is 2. The summed E-state index contributed by atoms with van der Waals surface area (Å²) < 4.78 is 14.0. The molecule has 2 aromatic carbocycles. The van der Waals surface area contributed by atoms with Crippen molar-refractivity contribution >= 4 is 38.4 Å². The first-order valence-electron chi connectivity index (χ1n) is 7.85. The molecule has 0 fully saturated rings. The summed E-state index contributed by atoms with van der Waals surface area (Å²) in [4.78, 5) is 16.1. The van der Waals surface area contributed by atoms with Crippen LogP contribution in [0.3, 0.4) is 0 Å². The zero-order valence-corrected chi connectivity index (χ0v) is 15.0. The number of nitrogens with one attached hydrogen (secondary N) is 1. The Balaban J connectivity index is 1.75. The number of hydrogen-bond acceptors (Lipinski definition) is 3. The molecule has 0 spiro atoms. The fourth-order valence-electron chi connectivity index (χ4n) is 2.69. The maximum absolute atomic E-state index is 13.0. The van der Waals surface area contributed by atoms with E-state index in [1.165, 1.54) is 12.1 Å². The van der Waals surface area contributed by atoms with Crippen molar-refractivity contribution in [2.45, 2.75) is 6.42 Å². The molecule has 3 N–H and O–H groups in total. The highest BCUT2D eigenvalue weighted by molar-refractivity contribution is 9.10. The highest BCUT2D eigenvalue weighted by Gasteiger charge is 2.16. The molecule has 4 nitrogen and oxygen atoms in total. The van der Waals surface area contributed by atoms with Gasteiger partial charge in [-0.05, 0) is 48.4 Å². The molecule has 25 heavy (non-hydrogen) atoms. The van der Waals surface area contributed by atoms with Crippen molar-refractivity contribution in [1.82, 2.24) is 4.98 Å². The molecule has 128 valence electrons. The van der Waals surface area contributed by atoms with Crippen LogP contribution in [-0.2, 0) is 11.2 Å². The third-order valence-electron chi connectivity index (χ3n) is 4.04. The molecule has 3 rings (SSSR count). The van der Waals surface area contributed by atoms with Crippen molar-refractivity contribution in [2.75, 3.05) is 11.9 Å². The fraction of sp³-hybridized carbons (Fsp3) is 0.158. The summed E-state index contributed by atoms with van der Waals surface area (Å²) in [5, 5.41) is 4.26. The first-order chi connectivity index (χ1) is 12.0. The molecule has 3 aromatic rings. The number of primary amides is 1. The molecule has 0 saturated carbocycles. The first-order valence-corrected chi connectivity index (χ1v) is 8.64. The van der Waals surface area contributed by atoms with Crippen molar-refractivity contribution in [3.8, 4) is 0 Å². The molecule has 1 amide bonds. The Kier molecular flexibility index (Phi) is 5.28. The molecular weight excluding hydrogens is 385 g/mol. The average Bonchev–Trinajstić information content (AvgIpc) is 2.59. The van der Waals surface area contributed by atoms with Gasteiger partial charge in [0.25, 0.3) is 0 Å². The number of benzene rings is 2. The van der Waals surface area contributed by atoms with Crippen molar-refractivity contribution in [2.24, 2.45) is 11.7 Å². The summed E-state index contributed by atoms with van der Waals surface area (Å²) in [6, 6.07) is 13.8. The van der Waals surface area contributed by atoms with Crippen molar-refractivity contribution in [1.29, 1.82) is 0 Å². The molecule has 1 atom stereocenters. The monoisotopic (exact) mass is 401 g/mol. The van der Waals surface area contributed by atoms with E-state index in [9.17, 15) is 9.18 Å². The second-order valence-electron chi connectivity index (χ2n) is 5.83. The van der Waals surface area contributed by atoms with E-state index >= 15 is 0 Å². The number of fused-ring (bicyclic) bond motifs is 1. The van der Waals surface area contributed by atoms with E-state index in [-0.39, 0.29) is 5.82 Å². The lowest BCUT2D eigenvalue weighted by atomic mass is 9.98. The largest absolute Gasteiger partial charge is 0.384 e. The quantitative estimate of drug-likeness (QED) is 0.658. The molecule has 0 bridgehead atoms. The number of nitrogens with two attached hydrogens (primary N) is 1. The van der Waals surface area contributed by atoms with Gasteiger partial charge in [0, 0.05) is 28.3 Å². The van der Waals surface area contributed by atoms with E-state index < -0.39 is 11.8 Å². The predicted octanol–water partition coefficient (Wildman–Crippen LogP) is 3.89. The standard InChI is InChI=1S/C19H17BrFN3O/c20-14-3-6-16-17(7-8-23-18(16)10-14)24-11-13(19(22)25)9-12-1-4-15(21)5-2-12/h1-8,10,13H,9,11H2,(H2,22,25)(H,23,24). The summed E-state index contributed by atoms with van der Waals surface area (Å²) in [5.41, 5.74) is 8.16. The van der Waals surface area contributed by atoms with Gasteiger partial charge in [0.2, 0.25) is 5.91 Å². The van der Waals surface area contributed by atoms with Gasteiger partial charge in [-0.25, -0.2) is 4.39 Å². The molecule has 0 aliphatic rings. The van der Waals surface area contributed by atoms with Crippen molar-refractivity contribution in [3.63, 3.8) is 0 Å². The van der Waals surface area contributed by atoms with E-state index in [1.807, 2.05) is 24.3 Å². The number of rotatable bonds is 6. The van der Waals surface area contributed by atoms with Crippen LogP contribution >= 0.6 is 15.9 Å².